The molecule has 3 fully saturated rings. The summed E-state index contributed by atoms with van der Waals surface area (Å²) in [4.78, 5) is 43.8. The molecule has 1 spiro atoms. The van der Waals surface area contributed by atoms with Crippen LogP contribution in [0.5, 0.6) is 5.75 Å². The molecule has 3 heterocycles. The van der Waals surface area contributed by atoms with Crippen LogP contribution in [0.1, 0.15) is 39.2 Å². The largest absolute Gasteiger partial charge is 0.494 e. The molecule has 0 saturated carbocycles. The van der Waals surface area contributed by atoms with Crippen molar-refractivity contribution < 1.29 is 24.2 Å². The van der Waals surface area contributed by atoms with Gasteiger partial charge in [-0.3, -0.25) is 14.4 Å². The summed E-state index contributed by atoms with van der Waals surface area (Å²) in [5.41, 5.74) is 1.58. The van der Waals surface area contributed by atoms with Crippen molar-refractivity contribution in [2.75, 3.05) is 18.5 Å². The minimum Gasteiger partial charge on any atom is -0.494 e. The molecule has 10 heteroatoms. The predicted octanol–water partition coefficient (Wildman–Crippen LogP) is 4.21. The van der Waals surface area contributed by atoms with Gasteiger partial charge in [-0.1, -0.05) is 60.1 Å². The maximum atomic E-state index is 14.3. The molecule has 3 aliphatic rings. The SMILES string of the molecule is CCOc1ccc(NC(=O)[C@H]2[C@@H]3SC4(CC3Br)C(C(=O)NCc3ccccc3)N([C@@H](CO)CC(C)C)C(=O)[C@H]24)cc1. The first-order valence-corrected chi connectivity index (χ1v) is 16.1. The van der Waals surface area contributed by atoms with Crippen LogP contribution in [0.4, 0.5) is 5.69 Å². The van der Waals surface area contributed by atoms with Crippen molar-refractivity contribution in [1.29, 1.82) is 0 Å². The normalized spacial score (nSPS) is 29.0. The first-order chi connectivity index (χ1) is 19.7. The molecule has 3 saturated heterocycles. The number of nitrogens with one attached hydrogen (secondary N) is 2. The Labute approximate surface area is 254 Å². The van der Waals surface area contributed by atoms with Gasteiger partial charge in [-0.2, -0.15) is 0 Å². The number of amides is 3. The average molecular weight is 645 g/mol. The Morgan fingerprint density at radius 1 is 1.15 bits per heavy atom. The molecule has 41 heavy (non-hydrogen) atoms. The molecule has 5 rings (SSSR count). The van der Waals surface area contributed by atoms with Crippen LogP contribution in [0.25, 0.3) is 0 Å². The van der Waals surface area contributed by atoms with Gasteiger partial charge in [0.15, 0.2) is 0 Å². The lowest BCUT2D eigenvalue weighted by molar-refractivity contribution is -0.142. The van der Waals surface area contributed by atoms with Crippen LogP contribution in [0.15, 0.2) is 54.6 Å². The summed E-state index contributed by atoms with van der Waals surface area (Å²) in [6, 6.07) is 15.5. The van der Waals surface area contributed by atoms with E-state index in [4.69, 9.17) is 4.74 Å². The van der Waals surface area contributed by atoms with E-state index in [1.165, 1.54) is 0 Å². The highest BCUT2D eigenvalue weighted by atomic mass is 79.9. The van der Waals surface area contributed by atoms with Crippen LogP contribution < -0.4 is 15.4 Å². The third kappa shape index (κ3) is 5.62. The van der Waals surface area contributed by atoms with Gasteiger partial charge in [0.1, 0.15) is 11.8 Å². The lowest BCUT2D eigenvalue weighted by Crippen LogP contribution is -2.57. The average Bonchev–Trinajstić information content (AvgIpc) is 3.55. The van der Waals surface area contributed by atoms with Crippen LogP contribution in [0.3, 0.4) is 0 Å². The molecule has 0 radical (unpaired) electrons. The molecule has 2 aromatic rings. The van der Waals surface area contributed by atoms with E-state index in [2.05, 4.69) is 26.6 Å². The molecule has 8 nitrogen and oxygen atoms in total. The van der Waals surface area contributed by atoms with Gasteiger partial charge in [-0.25, -0.2) is 0 Å². The summed E-state index contributed by atoms with van der Waals surface area (Å²) in [6.07, 6.45) is 1.15. The third-order valence-corrected chi connectivity index (χ3v) is 11.6. The number of likely N-dealkylation sites (tertiary alicyclic amines) is 1. The van der Waals surface area contributed by atoms with E-state index < -0.39 is 28.7 Å². The van der Waals surface area contributed by atoms with Gasteiger partial charge >= 0.3 is 0 Å². The number of hydrogen-bond acceptors (Lipinski definition) is 6. The Bertz CT molecular complexity index is 1260. The highest BCUT2D eigenvalue weighted by molar-refractivity contribution is 9.09. The van der Waals surface area contributed by atoms with Gasteiger partial charge in [-0.15, -0.1) is 11.8 Å². The minimum absolute atomic E-state index is 0.0327. The molecule has 3 N–H and O–H groups in total. The van der Waals surface area contributed by atoms with Gasteiger partial charge in [0.05, 0.1) is 35.8 Å². The van der Waals surface area contributed by atoms with Gasteiger partial charge in [0, 0.05) is 22.3 Å². The van der Waals surface area contributed by atoms with Crippen molar-refractivity contribution >= 4 is 51.1 Å². The molecule has 220 valence electrons. The summed E-state index contributed by atoms with van der Waals surface area (Å²) in [5.74, 6) is -1.05. The predicted molar refractivity (Wildman–Crippen MR) is 164 cm³/mol. The number of halogens is 1. The number of ether oxygens (including phenoxy) is 1. The van der Waals surface area contributed by atoms with E-state index >= 15 is 0 Å². The highest BCUT2D eigenvalue weighted by Gasteiger charge is 2.76. The second-order valence-corrected chi connectivity index (χ2v) is 14.2. The van der Waals surface area contributed by atoms with Crippen molar-refractivity contribution in [3.63, 3.8) is 0 Å². The van der Waals surface area contributed by atoms with Crippen LogP contribution in [-0.4, -0.2) is 67.8 Å². The van der Waals surface area contributed by atoms with Crippen molar-refractivity contribution in [2.45, 2.75) is 67.1 Å². The lowest BCUT2D eigenvalue weighted by Gasteiger charge is -2.37. The molecular formula is C31H38BrN3O5S. The molecule has 3 unspecified atom stereocenters. The first kappa shape index (κ1) is 29.9. The topological polar surface area (TPSA) is 108 Å². The Morgan fingerprint density at radius 3 is 2.49 bits per heavy atom. The Kier molecular flexibility index (Phi) is 9.01. The van der Waals surface area contributed by atoms with Gasteiger partial charge in [-0.05, 0) is 55.5 Å². The maximum absolute atomic E-state index is 14.3. The van der Waals surface area contributed by atoms with E-state index in [1.54, 1.807) is 40.9 Å². The van der Waals surface area contributed by atoms with E-state index in [0.29, 0.717) is 37.4 Å². The molecule has 3 amide bonds. The number of fused-ring (bicyclic) bond motifs is 1. The number of hydrogen-bond donors (Lipinski definition) is 3. The monoisotopic (exact) mass is 643 g/mol. The third-order valence-electron chi connectivity index (χ3n) is 8.37. The number of benzene rings is 2. The Balaban J connectivity index is 1.46. The fraction of sp³-hybridized carbons (Fsp3) is 0.516. The molecular weight excluding hydrogens is 606 g/mol. The van der Waals surface area contributed by atoms with Crippen molar-refractivity contribution in [2.24, 2.45) is 17.8 Å². The second kappa shape index (κ2) is 12.4. The van der Waals surface area contributed by atoms with Crippen molar-refractivity contribution in [3.05, 3.63) is 60.2 Å². The standard InChI is InChI=1S/C31H38BrN3O5S/c1-4-40-22-12-10-20(11-13-22)34-28(37)24-25-30(39)35(21(17-36)14-18(2)3)27(31(25)15-23(32)26(24)41-31)29(38)33-16-19-8-6-5-7-9-19/h5-13,18,21,23-27,36H,4,14-17H2,1-3H3,(H,33,38)(H,34,37)/t21-,23?,24-,25+,26-,27?,31?/m1/s1. The summed E-state index contributed by atoms with van der Waals surface area (Å²) >= 11 is 5.40. The minimum atomic E-state index is -0.794. The number of carbonyl (C=O) groups is 3. The number of rotatable bonds is 11. The Morgan fingerprint density at radius 2 is 1.85 bits per heavy atom. The summed E-state index contributed by atoms with van der Waals surface area (Å²) in [6.45, 7) is 6.62. The van der Waals surface area contributed by atoms with Gasteiger partial charge in [0.25, 0.3) is 0 Å². The quantitative estimate of drug-likeness (QED) is 0.317. The molecule has 0 aliphatic carbocycles. The van der Waals surface area contributed by atoms with Crippen molar-refractivity contribution in [1.82, 2.24) is 10.2 Å². The number of carbonyl (C=O) groups excluding carboxylic acids is 3. The zero-order valence-corrected chi connectivity index (χ0v) is 26.0. The number of anilines is 1. The summed E-state index contributed by atoms with van der Waals surface area (Å²) in [5, 5.41) is 16.4. The van der Waals surface area contributed by atoms with Crippen molar-refractivity contribution in [3.8, 4) is 5.75 Å². The van der Waals surface area contributed by atoms with E-state index in [1.807, 2.05) is 51.1 Å². The maximum Gasteiger partial charge on any atom is 0.244 e. The van der Waals surface area contributed by atoms with Crippen LogP contribution in [-0.2, 0) is 20.9 Å². The van der Waals surface area contributed by atoms with Gasteiger partial charge in [0.2, 0.25) is 17.7 Å². The van der Waals surface area contributed by atoms with Crippen LogP contribution in [0.2, 0.25) is 0 Å². The fourth-order valence-corrected chi connectivity index (χ4v) is 10.4. The zero-order valence-electron chi connectivity index (χ0n) is 23.6. The number of aliphatic hydroxyl groups excluding tert-OH is 1. The Hall–Kier alpha value is -2.56. The molecule has 7 atom stereocenters. The number of alkyl halides is 1. The van der Waals surface area contributed by atoms with E-state index in [-0.39, 0.29) is 40.3 Å². The first-order valence-electron chi connectivity index (χ1n) is 14.3. The lowest BCUT2D eigenvalue weighted by atomic mass is 9.70. The number of thioether (sulfide) groups is 1. The van der Waals surface area contributed by atoms with E-state index in [0.717, 1.165) is 5.56 Å². The molecule has 0 aromatic heterocycles. The smallest absolute Gasteiger partial charge is 0.244 e. The molecule has 2 aromatic carbocycles. The van der Waals surface area contributed by atoms with Crippen LogP contribution >= 0.6 is 27.7 Å². The fourth-order valence-electron chi connectivity index (χ4n) is 6.79. The molecule has 3 aliphatic heterocycles. The zero-order chi connectivity index (χ0) is 29.3. The molecule has 2 bridgehead atoms. The number of aliphatic hydroxyl groups is 1. The van der Waals surface area contributed by atoms with Gasteiger partial charge < -0.3 is 25.4 Å². The van der Waals surface area contributed by atoms with Crippen LogP contribution in [0, 0.1) is 17.8 Å². The highest BCUT2D eigenvalue weighted by Crippen LogP contribution is 2.68. The second-order valence-electron chi connectivity index (χ2n) is 11.5. The van der Waals surface area contributed by atoms with E-state index in [9.17, 15) is 19.5 Å². The summed E-state index contributed by atoms with van der Waals surface area (Å²) in [7, 11) is 0. The summed E-state index contributed by atoms with van der Waals surface area (Å²) < 4.78 is 4.74. The number of nitrogens with zero attached hydrogens (tertiary/aromatic N) is 1.